The minimum atomic E-state index is 0.201. The molecule has 0 radical (unpaired) electrons. The Balaban J connectivity index is 1.59. The Morgan fingerprint density at radius 3 is 2.88 bits per heavy atom. The van der Waals surface area contributed by atoms with E-state index in [-0.39, 0.29) is 5.92 Å². The van der Waals surface area contributed by atoms with Crippen molar-refractivity contribution >= 4 is 26.8 Å². The number of benzene rings is 2. The molecular weight excluding hydrogens is 376 g/mol. The van der Waals surface area contributed by atoms with Crippen molar-refractivity contribution < 1.29 is 4.42 Å². The first-order valence-corrected chi connectivity index (χ1v) is 9.40. The van der Waals surface area contributed by atoms with E-state index >= 15 is 0 Å². The number of aryl methyl sites for hydroxylation is 1. The van der Waals surface area contributed by atoms with Gasteiger partial charge in [0.15, 0.2) is 5.76 Å². The lowest BCUT2D eigenvalue weighted by molar-refractivity contribution is 0.447. The normalized spacial score (nSPS) is 16.9. The Bertz CT molecular complexity index is 1050. The maximum atomic E-state index is 6.15. The van der Waals surface area contributed by atoms with Crippen LogP contribution in [0.4, 0.5) is 0 Å². The summed E-state index contributed by atoms with van der Waals surface area (Å²) in [6.07, 6.45) is 5.17. The highest BCUT2D eigenvalue weighted by molar-refractivity contribution is 9.10. The third kappa shape index (κ3) is 2.52. The minimum Gasteiger partial charge on any atom is -0.440 e. The van der Waals surface area contributed by atoms with Crippen LogP contribution in [0.15, 0.2) is 63.6 Å². The van der Waals surface area contributed by atoms with Crippen molar-refractivity contribution in [1.82, 2.24) is 9.97 Å². The molecule has 1 aliphatic carbocycles. The number of H-pyrrole nitrogens is 1. The van der Waals surface area contributed by atoms with Gasteiger partial charge in [-0.1, -0.05) is 46.3 Å². The highest BCUT2D eigenvalue weighted by atomic mass is 79.9. The van der Waals surface area contributed by atoms with Crippen molar-refractivity contribution in [3.8, 4) is 11.3 Å². The monoisotopic (exact) mass is 392 g/mol. The molecular formula is C21H17BrN2O. The van der Waals surface area contributed by atoms with Gasteiger partial charge in [-0.25, -0.2) is 4.98 Å². The molecule has 4 heteroatoms. The molecule has 0 saturated heterocycles. The fourth-order valence-corrected chi connectivity index (χ4v) is 4.23. The van der Waals surface area contributed by atoms with Crippen LogP contribution in [-0.2, 0) is 6.42 Å². The minimum absolute atomic E-state index is 0.201. The van der Waals surface area contributed by atoms with E-state index in [1.807, 2.05) is 24.4 Å². The van der Waals surface area contributed by atoms with Crippen LogP contribution in [0.5, 0.6) is 0 Å². The van der Waals surface area contributed by atoms with Gasteiger partial charge in [-0.15, -0.1) is 0 Å². The van der Waals surface area contributed by atoms with Crippen molar-refractivity contribution in [1.29, 1.82) is 0 Å². The van der Waals surface area contributed by atoms with Gasteiger partial charge >= 0.3 is 0 Å². The topological polar surface area (TPSA) is 41.8 Å². The van der Waals surface area contributed by atoms with Gasteiger partial charge < -0.3 is 9.40 Å². The Labute approximate surface area is 154 Å². The van der Waals surface area contributed by atoms with Gasteiger partial charge in [-0.2, -0.15) is 0 Å². The SMILES string of the molecule is Brc1ccc2[nH]c3c(c2c1)CCCC3c1ncc(-c2ccccc2)o1. The first-order chi connectivity index (χ1) is 12.3. The van der Waals surface area contributed by atoms with E-state index in [4.69, 9.17) is 4.42 Å². The van der Waals surface area contributed by atoms with Crippen LogP contribution in [0, 0.1) is 0 Å². The average Bonchev–Trinajstić information content (AvgIpc) is 3.27. The Morgan fingerprint density at radius 2 is 2.00 bits per heavy atom. The van der Waals surface area contributed by atoms with Crippen LogP contribution >= 0.6 is 15.9 Å². The summed E-state index contributed by atoms with van der Waals surface area (Å²) in [4.78, 5) is 8.23. The number of halogens is 1. The molecule has 1 unspecified atom stereocenters. The number of fused-ring (bicyclic) bond motifs is 3. The van der Waals surface area contributed by atoms with Crippen LogP contribution in [0.25, 0.3) is 22.2 Å². The van der Waals surface area contributed by atoms with Gasteiger partial charge in [0.1, 0.15) is 0 Å². The van der Waals surface area contributed by atoms with Crippen LogP contribution in [-0.4, -0.2) is 9.97 Å². The summed E-state index contributed by atoms with van der Waals surface area (Å²) in [5.74, 6) is 1.85. The molecule has 0 spiro atoms. The molecule has 0 saturated carbocycles. The van der Waals surface area contributed by atoms with Crippen molar-refractivity contribution in [3.63, 3.8) is 0 Å². The summed E-state index contributed by atoms with van der Waals surface area (Å²) in [5.41, 5.74) is 4.93. The van der Waals surface area contributed by atoms with Crippen molar-refractivity contribution in [3.05, 3.63) is 76.3 Å². The quantitative estimate of drug-likeness (QED) is 0.450. The number of aromatic amines is 1. The van der Waals surface area contributed by atoms with Gasteiger partial charge in [0, 0.05) is 26.6 Å². The highest BCUT2D eigenvalue weighted by Gasteiger charge is 2.29. The van der Waals surface area contributed by atoms with E-state index < -0.39 is 0 Å². The summed E-state index contributed by atoms with van der Waals surface area (Å²) < 4.78 is 7.26. The van der Waals surface area contributed by atoms with Crippen LogP contribution in [0.2, 0.25) is 0 Å². The maximum Gasteiger partial charge on any atom is 0.203 e. The lowest BCUT2D eigenvalue weighted by Gasteiger charge is -2.19. The van der Waals surface area contributed by atoms with Gasteiger partial charge in [0.2, 0.25) is 5.89 Å². The van der Waals surface area contributed by atoms with Gasteiger partial charge in [0.25, 0.3) is 0 Å². The number of hydrogen-bond donors (Lipinski definition) is 1. The molecule has 0 aliphatic heterocycles. The Hall–Kier alpha value is -2.33. The molecule has 0 bridgehead atoms. The summed E-state index contributed by atoms with van der Waals surface area (Å²) >= 11 is 3.59. The first kappa shape index (κ1) is 15.0. The van der Waals surface area contributed by atoms with E-state index in [0.717, 1.165) is 40.9 Å². The zero-order valence-corrected chi connectivity index (χ0v) is 15.2. The second kappa shape index (κ2) is 5.88. The van der Waals surface area contributed by atoms with Crippen LogP contribution < -0.4 is 0 Å². The van der Waals surface area contributed by atoms with E-state index in [1.165, 1.54) is 22.2 Å². The number of nitrogens with one attached hydrogen (secondary N) is 1. The standard InChI is InChI=1S/C21H17BrN2O/c22-14-9-10-18-17(11-14)15-7-4-8-16(20(15)24-18)21-23-12-19(25-21)13-5-2-1-3-6-13/h1-3,5-6,9-12,16,24H,4,7-8H2. The zero-order chi connectivity index (χ0) is 16.8. The molecule has 124 valence electrons. The van der Waals surface area contributed by atoms with Crippen LogP contribution in [0.3, 0.4) is 0 Å². The Morgan fingerprint density at radius 1 is 1.12 bits per heavy atom. The fourth-order valence-electron chi connectivity index (χ4n) is 3.87. The van der Waals surface area contributed by atoms with Crippen molar-refractivity contribution in [2.75, 3.05) is 0 Å². The lowest BCUT2D eigenvalue weighted by Crippen LogP contribution is -2.10. The molecule has 25 heavy (non-hydrogen) atoms. The summed E-state index contributed by atoms with van der Waals surface area (Å²) in [7, 11) is 0. The van der Waals surface area contributed by atoms with Crippen molar-refractivity contribution in [2.24, 2.45) is 0 Å². The second-order valence-corrected chi connectivity index (χ2v) is 7.50. The largest absolute Gasteiger partial charge is 0.440 e. The Kier molecular flexibility index (Phi) is 3.52. The molecule has 1 aliphatic rings. The number of oxazole rings is 1. The highest BCUT2D eigenvalue weighted by Crippen LogP contribution is 2.40. The molecule has 2 aromatic heterocycles. The average molecular weight is 393 g/mol. The van der Waals surface area contributed by atoms with Gasteiger partial charge in [-0.05, 0) is 43.0 Å². The predicted molar refractivity (Wildman–Crippen MR) is 103 cm³/mol. The summed E-state index contributed by atoms with van der Waals surface area (Å²) in [5, 5.41) is 1.31. The van der Waals surface area contributed by atoms with E-state index in [0.29, 0.717) is 0 Å². The molecule has 4 aromatic rings. The number of hydrogen-bond acceptors (Lipinski definition) is 2. The number of rotatable bonds is 2. The molecule has 1 atom stereocenters. The molecule has 0 amide bonds. The molecule has 0 fully saturated rings. The molecule has 3 nitrogen and oxygen atoms in total. The molecule has 2 heterocycles. The smallest absolute Gasteiger partial charge is 0.203 e. The van der Waals surface area contributed by atoms with E-state index in [2.05, 4.69) is 56.2 Å². The number of aromatic nitrogens is 2. The third-order valence-corrected chi connectivity index (χ3v) is 5.54. The lowest BCUT2D eigenvalue weighted by atomic mass is 9.86. The number of nitrogens with zero attached hydrogens (tertiary/aromatic N) is 1. The van der Waals surface area contributed by atoms with Crippen LogP contribution in [0.1, 0.15) is 35.9 Å². The second-order valence-electron chi connectivity index (χ2n) is 6.58. The first-order valence-electron chi connectivity index (χ1n) is 8.61. The van der Waals surface area contributed by atoms with Gasteiger partial charge in [-0.3, -0.25) is 0 Å². The third-order valence-electron chi connectivity index (χ3n) is 5.05. The molecule has 1 N–H and O–H groups in total. The molecule has 2 aromatic carbocycles. The predicted octanol–water partition coefficient (Wildman–Crippen LogP) is 6.05. The maximum absolute atomic E-state index is 6.15. The van der Waals surface area contributed by atoms with Gasteiger partial charge in [0.05, 0.1) is 12.1 Å². The zero-order valence-electron chi connectivity index (χ0n) is 13.6. The fraction of sp³-hybridized carbons (Fsp3) is 0.190. The van der Waals surface area contributed by atoms with E-state index in [9.17, 15) is 0 Å². The van der Waals surface area contributed by atoms with E-state index in [1.54, 1.807) is 0 Å². The molecule has 5 rings (SSSR count). The van der Waals surface area contributed by atoms with Crippen molar-refractivity contribution in [2.45, 2.75) is 25.2 Å². The summed E-state index contributed by atoms with van der Waals surface area (Å²) in [6, 6.07) is 16.6. The summed E-state index contributed by atoms with van der Waals surface area (Å²) in [6.45, 7) is 0.